The summed E-state index contributed by atoms with van der Waals surface area (Å²) in [4.78, 5) is 0. The molecule has 0 bridgehead atoms. The van der Waals surface area contributed by atoms with Gasteiger partial charge < -0.3 is 10.1 Å². The van der Waals surface area contributed by atoms with Gasteiger partial charge in [0.15, 0.2) is 0 Å². The highest BCUT2D eigenvalue weighted by Gasteiger charge is 2.24. The summed E-state index contributed by atoms with van der Waals surface area (Å²) >= 11 is 0. The van der Waals surface area contributed by atoms with E-state index in [2.05, 4.69) is 44.3 Å². The zero-order valence-electron chi connectivity index (χ0n) is 12.5. The predicted octanol–water partition coefficient (Wildman–Crippen LogP) is 4.71. The molecular formula is C17H27NO. The lowest BCUT2D eigenvalue weighted by Gasteiger charge is -2.33. The van der Waals surface area contributed by atoms with Crippen LogP contribution in [-0.2, 0) is 0 Å². The van der Waals surface area contributed by atoms with Gasteiger partial charge in [-0.3, -0.25) is 0 Å². The maximum Gasteiger partial charge on any atom is 0.142 e. The van der Waals surface area contributed by atoms with Gasteiger partial charge >= 0.3 is 0 Å². The molecule has 0 saturated heterocycles. The standard InChI is InChI=1S/C17H27NO/c1-4-11-19-17-8-6-5-7-16(17)18-15-10-9-13(2)14(3)12-15/h5-8,13-15,18H,4,9-12H2,1-3H3. The van der Waals surface area contributed by atoms with Gasteiger partial charge in [0.1, 0.15) is 5.75 Å². The van der Waals surface area contributed by atoms with Crippen LogP contribution in [0.4, 0.5) is 5.69 Å². The lowest BCUT2D eigenvalue weighted by Crippen LogP contribution is -2.30. The van der Waals surface area contributed by atoms with Crippen LogP contribution in [0.5, 0.6) is 5.75 Å². The second-order valence-electron chi connectivity index (χ2n) is 5.95. The van der Waals surface area contributed by atoms with Crippen molar-refractivity contribution in [2.24, 2.45) is 11.8 Å². The van der Waals surface area contributed by atoms with Crippen molar-refractivity contribution in [2.75, 3.05) is 11.9 Å². The molecule has 0 amide bonds. The van der Waals surface area contributed by atoms with Crippen LogP contribution in [0.25, 0.3) is 0 Å². The summed E-state index contributed by atoms with van der Waals surface area (Å²) in [6, 6.07) is 8.91. The van der Waals surface area contributed by atoms with Crippen molar-refractivity contribution < 1.29 is 4.74 Å². The van der Waals surface area contributed by atoms with E-state index >= 15 is 0 Å². The maximum absolute atomic E-state index is 5.81. The van der Waals surface area contributed by atoms with Gasteiger partial charge in [0.25, 0.3) is 0 Å². The van der Waals surface area contributed by atoms with Crippen molar-refractivity contribution in [1.29, 1.82) is 0 Å². The SMILES string of the molecule is CCCOc1ccccc1NC1CCC(C)C(C)C1. The number of ether oxygens (including phenoxy) is 1. The van der Waals surface area contributed by atoms with Crippen LogP contribution < -0.4 is 10.1 Å². The number of para-hydroxylation sites is 2. The molecule has 2 nitrogen and oxygen atoms in total. The molecule has 2 rings (SSSR count). The molecule has 19 heavy (non-hydrogen) atoms. The minimum atomic E-state index is 0.595. The summed E-state index contributed by atoms with van der Waals surface area (Å²) in [6.45, 7) is 7.67. The molecule has 1 aliphatic carbocycles. The third-order valence-corrected chi connectivity index (χ3v) is 4.31. The first-order chi connectivity index (χ1) is 9.20. The molecule has 1 fully saturated rings. The molecule has 0 radical (unpaired) electrons. The van der Waals surface area contributed by atoms with Crippen LogP contribution >= 0.6 is 0 Å². The molecule has 1 N–H and O–H groups in total. The number of anilines is 1. The van der Waals surface area contributed by atoms with Gasteiger partial charge in [-0.2, -0.15) is 0 Å². The van der Waals surface area contributed by atoms with E-state index in [0.717, 1.165) is 36.3 Å². The molecule has 1 aromatic rings. The van der Waals surface area contributed by atoms with Crippen molar-refractivity contribution in [1.82, 2.24) is 0 Å². The largest absolute Gasteiger partial charge is 0.491 e. The quantitative estimate of drug-likeness (QED) is 0.828. The van der Waals surface area contributed by atoms with Gasteiger partial charge in [-0.25, -0.2) is 0 Å². The van der Waals surface area contributed by atoms with Crippen molar-refractivity contribution in [3.8, 4) is 5.75 Å². The first kappa shape index (κ1) is 14.2. The fraction of sp³-hybridized carbons (Fsp3) is 0.647. The lowest BCUT2D eigenvalue weighted by molar-refractivity contribution is 0.260. The number of nitrogens with one attached hydrogen (secondary N) is 1. The summed E-state index contributed by atoms with van der Waals surface area (Å²) in [5.41, 5.74) is 1.16. The Bertz CT molecular complexity index is 391. The minimum absolute atomic E-state index is 0.595. The second-order valence-corrected chi connectivity index (χ2v) is 5.95. The predicted molar refractivity (Wildman–Crippen MR) is 81.8 cm³/mol. The lowest BCUT2D eigenvalue weighted by atomic mass is 9.79. The molecule has 106 valence electrons. The molecule has 1 saturated carbocycles. The molecule has 0 aliphatic heterocycles. The van der Waals surface area contributed by atoms with Gasteiger partial charge in [0.2, 0.25) is 0 Å². The van der Waals surface area contributed by atoms with Gasteiger partial charge in [-0.15, -0.1) is 0 Å². The molecule has 3 unspecified atom stereocenters. The fourth-order valence-corrected chi connectivity index (χ4v) is 2.82. The van der Waals surface area contributed by atoms with Crippen molar-refractivity contribution in [3.63, 3.8) is 0 Å². The Morgan fingerprint density at radius 3 is 2.68 bits per heavy atom. The highest BCUT2D eigenvalue weighted by molar-refractivity contribution is 5.56. The van der Waals surface area contributed by atoms with Crippen LogP contribution in [0, 0.1) is 11.8 Å². The number of hydrogen-bond donors (Lipinski definition) is 1. The summed E-state index contributed by atoms with van der Waals surface area (Å²) in [5, 5.41) is 3.68. The Balaban J connectivity index is 1.98. The zero-order valence-corrected chi connectivity index (χ0v) is 12.5. The maximum atomic E-state index is 5.81. The van der Waals surface area contributed by atoms with E-state index in [1.807, 2.05) is 6.07 Å². The van der Waals surface area contributed by atoms with Crippen LogP contribution in [0.1, 0.15) is 46.5 Å². The van der Waals surface area contributed by atoms with Crippen molar-refractivity contribution in [3.05, 3.63) is 24.3 Å². The molecule has 1 aromatic carbocycles. The minimum Gasteiger partial charge on any atom is -0.491 e. The van der Waals surface area contributed by atoms with Crippen molar-refractivity contribution >= 4 is 5.69 Å². The Hall–Kier alpha value is -1.18. The second kappa shape index (κ2) is 6.83. The highest BCUT2D eigenvalue weighted by Crippen LogP contribution is 2.33. The number of hydrogen-bond acceptors (Lipinski definition) is 2. The molecule has 0 heterocycles. The van der Waals surface area contributed by atoms with Crippen LogP contribution in [0.15, 0.2) is 24.3 Å². The molecule has 0 aromatic heterocycles. The molecule has 2 heteroatoms. The number of rotatable bonds is 5. The zero-order chi connectivity index (χ0) is 13.7. The Morgan fingerprint density at radius 1 is 1.16 bits per heavy atom. The van der Waals surface area contributed by atoms with Gasteiger partial charge in [-0.05, 0) is 49.7 Å². The smallest absolute Gasteiger partial charge is 0.142 e. The van der Waals surface area contributed by atoms with E-state index in [1.54, 1.807) is 0 Å². The monoisotopic (exact) mass is 261 g/mol. The third kappa shape index (κ3) is 3.89. The van der Waals surface area contributed by atoms with Gasteiger partial charge in [-0.1, -0.05) is 32.9 Å². The summed E-state index contributed by atoms with van der Waals surface area (Å²) in [7, 11) is 0. The summed E-state index contributed by atoms with van der Waals surface area (Å²) in [6.07, 6.45) is 4.92. The third-order valence-electron chi connectivity index (χ3n) is 4.31. The van der Waals surface area contributed by atoms with Gasteiger partial charge in [0.05, 0.1) is 12.3 Å². The summed E-state index contributed by atoms with van der Waals surface area (Å²) < 4.78 is 5.81. The average molecular weight is 261 g/mol. The van der Waals surface area contributed by atoms with Crippen LogP contribution in [0.2, 0.25) is 0 Å². The first-order valence-corrected chi connectivity index (χ1v) is 7.69. The normalized spacial score (nSPS) is 27.0. The summed E-state index contributed by atoms with van der Waals surface area (Å²) in [5.74, 6) is 2.68. The first-order valence-electron chi connectivity index (χ1n) is 7.69. The Morgan fingerprint density at radius 2 is 1.95 bits per heavy atom. The van der Waals surface area contributed by atoms with E-state index in [0.29, 0.717) is 6.04 Å². The molecule has 0 spiro atoms. The highest BCUT2D eigenvalue weighted by atomic mass is 16.5. The van der Waals surface area contributed by atoms with E-state index in [1.165, 1.54) is 19.3 Å². The number of benzene rings is 1. The van der Waals surface area contributed by atoms with E-state index in [4.69, 9.17) is 4.74 Å². The molecule has 1 aliphatic rings. The van der Waals surface area contributed by atoms with Gasteiger partial charge in [0, 0.05) is 6.04 Å². The molecular weight excluding hydrogens is 234 g/mol. The Labute approximate surface area is 117 Å². The van der Waals surface area contributed by atoms with E-state index in [-0.39, 0.29) is 0 Å². The van der Waals surface area contributed by atoms with Crippen molar-refractivity contribution in [2.45, 2.75) is 52.5 Å². The van der Waals surface area contributed by atoms with E-state index in [9.17, 15) is 0 Å². The fourth-order valence-electron chi connectivity index (χ4n) is 2.82. The Kier molecular flexibility index (Phi) is 5.12. The average Bonchev–Trinajstić information content (AvgIpc) is 2.42. The molecule has 3 atom stereocenters. The van der Waals surface area contributed by atoms with Crippen LogP contribution in [0.3, 0.4) is 0 Å². The van der Waals surface area contributed by atoms with Crippen LogP contribution in [-0.4, -0.2) is 12.6 Å². The van der Waals surface area contributed by atoms with E-state index < -0.39 is 0 Å². The topological polar surface area (TPSA) is 21.3 Å².